The Morgan fingerprint density at radius 3 is 3.12 bits per heavy atom. The van der Waals surface area contributed by atoms with Crippen LogP contribution in [0.5, 0.6) is 0 Å². The molecule has 0 unspecified atom stereocenters. The second-order valence-corrected chi connectivity index (χ2v) is 4.01. The molecular weight excluding hydrogens is 292 g/mol. The molecular formula is C9H9BrN4O3. The first kappa shape index (κ1) is 11.8. The molecule has 0 amide bonds. The highest BCUT2D eigenvalue weighted by atomic mass is 79.9. The maximum atomic E-state index is 11.3. The zero-order valence-corrected chi connectivity index (χ0v) is 10.5. The van der Waals surface area contributed by atoms with E-state index in [0.717, 1.165) is 4.47 Å². The molecule has 0 saturated carbocycles. The summed E-state index contributed by atoms with van der Waals surface area (Å²) in [6.07, 6.45) is 3.41. The number of ether oxygens (including phenoxy) is 1. The summed E-state index contributed by atoms with van der Waals surface area (Å²) in [5.41, 5.74) is 0. The molecule has 0 bridgehead atoms. The van der Waals surface area contributed by atoms with Gasteiger partial charge in [0.15, 0.2) is 5.82 Å². The van der Waals surface area contributed by atoms with Crippen molar-refractivity contribution in [3.05, 3.63) is 28.6 Å². The summed E-state index contributed by atoms with van der Waals surface area (Å²) in [5.74, 6) is -0.398. The first-order valence-electron chi connectivity index (χ1n) is 4.86. The molecule has 0 N–H and O–H groups in total. The van der Waals surface area contributed by atoms with E-state index < -0.39 is 5.97 Å². The van der Waals surface area contributed by atoms with Crippen LogP contribution in [0.25, 0.3) is 0 Å². The van der Waals surface area contributed by atoms with E-state index in [2.05, 4.69) is 31.2 Å². The van der Waals surface area contributed by atoms with Crippen molar-refractivity contribution in [3.63, 3.8) is 0 Å². The predicted molar refractivity (Wildman–Crippen MR) is 59.3 cm³/mol. The Hall–Kier alpha value is -1.70. The van der Waals surface area contributed by atoms with Gasteiger partial charge in [-0.1, -0.05) is 5.16 Å². The third-order valence-corrected chi connectivity index (χ3v) is 2.23. The Balaban J connectivity index is 2.06. The Morgan fingerprint density at radius 1 is 1.65 bits per heavy atom. The molecule has 0 radical (unpaired) electrons. The Labute approximate surface area is 105 Å². The maximum absolute atomic E-state index is 11.3. The quantitative estimate of drug-likeness (QED) is 0.790. The number of carbonyl (C=O) groups excluding carboxylic acids is 1. The molecule has 0 aromatic carbocycles. The van der Waals surface area contributed by atoms with E-state index >= 15 is 0 Å². The number of hydrogen-bond acceptors (Lipinski definition) is 6. The van der Waals surface area contributed by atoms with Crippen molar-refractivity contribution in [1.82, 2.24) is 19.9 Å². The number of carbonyl (C=O) groups is 1. The van der Waals surface area contributed by atoms with Gasteiger partial charge in [-0.2, -0.15) is 10.1 Å². The molecule has 0 atom stereocenters. The number of rotatable bonds is 4. The molecule has 90 valence electrons. The van der Waals surface area contributed by atoms with Gasteiger partial charge in [0.2, 0.25) is 0 Å². The smallest absolute Gasteiger partial charge is 0.397 e. The van der Waals surface area contributed by atoms with Crippen molar-refractivity contribution >= 4 is 21.9 Å². The van der Waals surface area contributed by atoms with Crippen LogP contribution in [-0.2, 0) is 11.3 Å². The van der Waals surface area contributed by atoms with Gasteiger partial charge in [0, 0.05) is 6.20 Å². The summed E-state index contributed by atoms with van der Waals surface area (Å²) in [7, 11) is 0. The van der Waals surface area contributed by atoms with Crippen LogP contribution in [0.2, 0.25) is 0 Å². The van der Waals surface area contributed by atoms with Crippen LogP contribution in [0.3, 0.4) is 0 Å². The number of esters is 1. The minimum absolute atomic E-state index is 0.145. The van der Waals surface area contributed by atoms with E-state index in [0.29, 0.717) is 12.4 Å². The second-order valence-electron chi connectivity index (χ2n) is 3.09. The van der Waals surface area contributed by atoms with E-state index in [4.69, 9.17) is 9.26 Å². The number of nitrogens with zero attached hydrogens (tertiary/aromatic N) is 4. The molecule has 17 heavy (non-hydrogen) atoms. The van der Waals surface area contributed by atoms with Gasteiger partial charge < -0.3 is 9.26 Å². The third kappa shape index (κ3) is 2.90. The van der Waals surface area contributed by atoms with Crippen LogP contribution in [0.15, 0.2) is 21.4 Å². The van der Waals surface area contributed by atoms with Crippen LogP contribution in [0, 0.1) is 0 Å². The van der Waals surface area contributed by atoms with E-state index in [1.54, 1.807) is 24.0 Å². The van der Waals surface area contributed by atoms with Gasteiger partial charge >= 0.3 is 11.9 Å². The fourth-order valence-corrected chi connectivity index (χ4v) is 1.49. The van der Waals surface area contributed by atoms with Gasteiger partial charge in [-0.05, 0) is 22.9 Å². The Bertz CT molecular complexity index is 522. The van der Waals surface area contributed by atoms with E-state index in [9.17, 15) is 4.79 Å². The normalized spacial score (nSPS) is 10.5. The molecule has 0 aliphatic heterocycles. The van der Waals surface area contributed by atoms with Gasteiger partial charge in [0.25, 0.3) is 0 Å². The molecule has 2 aromatic heterocycles. The maximum Gasteiger partial charge on any atom is 0.397 e. The molecule has 0 saturated heterocycles. The molecule has 2 rings (SSSR count). The topological polar surface area (TPSA) is 83.0 Å². The zero-order valence-electron chi connectivity index (χ0n) is 8.96. The highest BCUT2D eigenvalue weighted by Crippen LogP contribution is 2.08. The minimum Gasteiger partial charge on any atom is -0.459 e. The fraction of sp³-hybridized carbons (Fsp3) is 0.333. The highest BCUT2D eigenvalue weighted by molar-refractivity contribution is 9.10. The van der Waals surface area contributed by atoms with E-state index in [1.807, 2.05) is 0 Å². The van der Waals surface area contributed by atoms with Crippen molar-refractivity contribution in [1.29, 1.82) is 0 Å². The number of hydrogen-bond donors (Lipinski definition) is 0. The van der Waals surface area contributed by atoms with Crippen LogP contribution in [0.1, 0.15) is 23.4 Å². The lowest BCUT2D eigenvalue weighted by molar-refractivity contribution is 0.0470. The molecule has 2 aromatic rings. The molecule has 2 heterocycles. The minimum atomic E-state index is -0.618. The van der Waals surface area contributed by atoms with Crippen LogP contribution in [-0.4, -0.2) is 32.5 Å². The largest absolute Gasteiger partial charge is 0.459 e. The summed E-state index contributed by atoms with van der Waals surface area (Å²) in [6.45, 7) is 2.30. The van der Waals surface area contributed by atoms with Gasteiger partial charge in [-0.3, -0.25) is 4.68 Å². The highest BCUT2D eigenvalue weighted by Gasteiger charge is 2.16. The lowest BCUT2D eigenvalue weighted by atomic mass is 10.6. The fourth-order valence-electron chi connectivity index (χ4n) is 1.16. The summed E-state index contributed by atoms with van der Waals surface area (Å²) in [5, 5.41) is 7.69. The lowest BCUT2D eigenvalue weighted by Crippen LogP contribution is -2.06. The Kier molecular flexibility index (Phi) is 3.52. The summed E-state index contributed by atoms with van der Waals surface area (Å²) in [6, 6.07) is 0. The average molecular weight is 301 g/mol. The van der Waals surface area contributed by atoms with Crippen molar-refractivity contribution in [2.24, 2.45) is 0 Å². The molecule has 0 aliphatic carbocycles. The predicted octanol–water partition coefficient (Wildman–Crippen LogP) is 1.25. The summed E-state index contributed by atoms with van der Waals surface area (Å²) < 4.78 is 12.0. The zero-order chi connectivity index (χ0) is 12.3. The van der Waals surface area contributed by atoms with Gasteiger partial charge in [0.1, 0.15) is 6.54 Å². The van der Waals surface area contributed by atoms with Crippen LogP contribution < -0.4 is 0 Å². The molecule has 0 fully saturated rings. The van der Waals surface area contributed by atoms with Crippen LogP contribution >= 0.6 is 15.9 Å². The van der Waals surface area contributed by atoms with E-state index in [1.165, 1.54) is 0 Å². The van der Waals surface area contributed by atoms with E-state index in [-0.39, 0.29) is 12.5 Å². The van der Waals surface area contributed by atoms with Crippen molar-refractivity contribution in [2.45, 2.75) is 13.5 Å². The van der Waals surface area contributed by atoms with Gasteiger partial charge in [0.05, 0.1) is 17.3 Å². The van der Waals surface area contributed by atoms with Crippen molar-refractivity contribution in [3.8, 4) is 0 Å². The van der Waals surface area contributed by atoms with Crippen molar-refractivity contribution in [2.75, 3.05) is 6.61 Å². The first-order chi connectivity index (χ1) is 8.19. The molecule has 0 spiro atoms. The molecule has 7 nitrogen and oxygen atoms in total. The average Bonchev–Trinajstić information content (AvgIpc) is 2.89. The lowest BCUT2D eigenvalue weighted by Gasteiger charge is -1.94. The summed E-state index contributed by atoms with van der Waals surface area (Å²) in [4.78, 5) is 15.2. The first-order valence-corrected chi connectivity index (χ1v) is 5.66. The SMILES string of the molecule is CCOC(=O)c1nc(Cn2cc(Br)cn2)no1. The van der Waals surface area contributed by atoms with Crippen molar-refractivity contribution < 1.29 is 14.1 Å². The molecule has 0 aliphatic rings. The van der Waals surface area contributed by atoms with Gasteiger partial charge in [-0.25, -0.2) is 4.79 Å². The van der Waals surface area contributed by atoms with Crippen LogP contribution in [0.4, 0.5) is 0 Å². The molecule has 8 heteroatoms. The summed E-state index contributed by atoms with van der Waals surface area (Å²) >= 11 is 3.27. The standard InChI is InChI=1S/C9H9BrN4O3/c1-2-16-9(15)8-12-7(13-17-8)5-14-4-6(10)3-11-14/h3-4H,2,5H2,1H3. The second kappa shape index (κ2) is 5.09. The monoisotopic (exact) mass is 300 g/mol. The third-order valence-electron chi connectivity index (χ3n) is 1.82. The number of aromatic nitrogens is 4. The Morgan fingerprint density at radius 2 is 2.47 bits per heavy atom. The number of halogens is 1. The van der Waals surface area contributed by atoms with Gasteiger partial charge in [-0.15, -0.1) is 0 Å².